The fourth-order valence-electron chi connectivity index (χ4n) is 4.20. The van der Waals surface area contributed by atoms with Crippen LogP contribution >= 0.6 is 0 Å². The Hall–Kier alpha value is -4.35. The van der Waals surface area contributed by atoms with Crippen molar-refractivity contribution in [3.05, 3.63) is 66.1 Å². The molecule has 2 aromatic carbocycles. The molecule has 1 unspecified atom stereocenters. The average molecular weight is 560 g/mol. The van der Waals surface area contributed by atoms with Crippen LogP contribution in [0.3, 0.4) is 0 Å². The van der Waals surface area contributed by atoms with E-state index < -0.39 is 34.9 Å². The minimum absolute atomic E-state index is 0.127. The maximum atomic E-state index is 13.6. The summed E-state index contributed by atoms with van der Waals surface area (Å²) in [5.41, 5.74) is -1.56. The number of aliphatic carboxylic acids is 1. The van der Waals surface area contributed by atoms with E-state index in [9.17, 15) is 32.7 Å². The first kappa shape index (κ1) is 28.7. The second-order valence-electron chi connectivity index (χ2n) is 10.1. The first-order valence-electron chi connectivity index (χ1n) is 12.6. The summed E-state index contributed by atoms with van der Waals surface area (Å²) in [7, 11) is 0. The van der Waals surface area contributed by atoms with Crippen LogP contribution in [0.25, 0.3) is 11.5 Å². The Balaban J connectivity index is 1.40. The van der Waals surface area contributed by atoms with Crippen LogP contribution in [0.2, 0.25) is 0 Å². The number of oxazole rings is 1. The summed E-state index contributed by atoms with van der Waals surface area (Å²) in [5.74, 6) is -3.78. The summed E-state index contributed by atoms with van der Waals surface area (Å²) in [4.78, 5) is 42.1. The number of hydrogen-bond donors (Lipinski definition) is 2. The molecule has 0 aliphatic carbocycles. The topological polar surface area (TPSA) is 122 Å². The molecule has 9 nitrogen and oxygen atoms in total. The van der Waals surface area contributed by atoms with Crippen LogP contribution in [0, 0.1) is 5.41 Å². The maximum Gasteiger partial charge on any atom is 0.452 e. The molecule has 0 radical (unpaired) electrons. The highest BCUT2D eigenvalue weighted by Gasteiger charge is 2.42. The van der Waals surface area contributed by atoms with E-state index in [1.807, 2.05) is 0 Å². The predicted octanol–water partition coefficient (Wildman–Crippen LogP) is 5.48. The normalized spacial score (nSPS) is 15.9. The maximum absolute atomic E-state index is 13.6. The number of ether oxygens (including phenoxy) is 1. The number of benzene rings is 2. The SMILES string of the molecule is CC(C)(CC(=O)N1CCCC(Oc2ccc(NC(=O)c3nc(-c4ccccc4)oc3C(F)(F)F)cc2)C1)C(=O)O. The van der Waals surface area contributed by atoms with Gasteiger partial charge < -0.3 is 24.5 Å². The number of carboxylic acid groups (broad SMARTS) is 1. The first-order valence-corrected chi connectivity index (χ1v) is 12.6. The molecule has 3 aromatic rings. The molecule has 2 N–H and O–H groups in total. The molecule has 212 valence electrons. The van der Waals surface area contributed by atoms with E-state index >= 15 is 0 Å². The molecule has 1 aliphatic rings. The number of halogens is 3. The van der Waals surface area contributed by atoms with Gasteiger partial charge >= 0.3 is 12.1 Å². The van der Waals surface area contributed by atoms with Crippen LogP contribution < -0.4 is 10.1 Å². The summed E-state index contributed by atoms with van der Waals surface area (Å²) in [6, 6.07) is 14.0. The van der Waals surface area contributed by atoms with Crippen LogP contribution in [0.15, 0.2) is 59.0 Å². The lowest BCUT2D eigenvalue weighted by atomic mass is 9.88. The second-order valence-corrected chi connectivity index (χ2v) is 10.1. The zero-order valence-corrected chi connectivity index (χ0v) is 21.8. The number of alkyl halides is 3. The van der Waals surface area contributed by atoms with E-state index in [1.165, 1.54) is 38.1 Å². The Morgan fingerprint density at radius 1 is 1.10 bits per heavy atom. The number of carbonyl (C=O) groups is 3. The van der Waals surface area contributed by atoms with Crippen LogP contribution in [0.1, 0.15) is 49.4 Å². The van der Waals surface area contributed by atoms with Crippen molar-refractivity contribution in [3.8, 4) is 17.2 Å². The van der Waals surface area contributed by atoms with E-state index in [1.54, 1.807) is 35.2 Å². The Morgan fingerprint density at radius 3 is 2.40 bits per heavy atom. The third kappa shape index (κ3) is 6.80. The standard InChI is InChI=1S/C28H28F3N3O6/c1-27(2,26(37)38)15-21(35)34-14-6-9-20(16-34)39-19-12-10-18(11-13-19)32-24(36)22-23(28(29,30)31)40-25(33-22)17-7-4-3-5-8-17/h3-5,7-8,10-13,20H,6,9,14-16H2,1-2H3,(H,32,36)(H,37,38). The lowest BCUT2D eigenvalue weighted by Gasteiger charge is -2.34. The van der Waals surface area contributed by atoms with E-state index in [-0.39, 0.29) is 30.0 Å². The molecule has 0 bridgehead atoms. The van der Waals surface area contributed by atoms with Crippen molar-refractivity contribution < 1.29 is 41.8 Å². The number of piperidine rings is 1. The molecule has 1 atom stereocenters. The van der Waals surface area contributed by atoms with Gasteiger partial charge in [-0.3, -0.25) is 14.4 Å². The number of hydrogen-bond acceptors (Lipinski definition) is 6. The largest absolute Gasteiger partial charge is 0.489 e. The van der Waals surface area contributed by atoms with Crippen molar-refractivity contribution in [2.45, 2.75) is 45.4 Å². The predicted molar refractivity (Wildman–Crippen MR) is 138 cm³/mol. The third-order valence-corrected chi connectivity index (χ3v) is 6.44. The first-order chi connectivity index (χ1) is 18.8. The molecule has 4 rings (SSSR count). The summed E-state index contributed by atoms with van der Waals surface area (Å²) < 4.78 is 51.6. The number of nitrogens with one attached hydrogen (secondary N) is 1. The molecule has 40 heavy (non-hydrogen) atoms. The Labute approximate surface area is 227 Å². The highest BCUT2D eigenvalue weighted by atomic mass is 19.4. The average Bonchev–Trinajstić information content (AvgIpc) is 3.37. The lowest BCUT2D eigenvalue weighted by molar-refractivity contribution is -0.153. The highest BCUT2D eigenvalue weighted by molar-refractivity contribution is 6.04. The second kappa shape index (κ2) is 11.4. The van der Waals surface area contributed by atoms with Gasteiger partial charge in [0, 0.05) is 24.2 Å². The van der Waals surface area contributed by atoms with Crippen molar-refractivity contribution in [1.82, 2.24) is 9.88 Å². The Bertz CT molecular complexity index is 1370. The Morgan fingerprint density at radius 2 is 1.77 bits per heavy atom. The molecule has 12 heteroatoms. The van der Waals surface area contributed by atoms with Gasteiger partial charge in [-0.15, -0.1) is 0 Å². The number of rotatable bonds is 8. The van der Waals surface area contributed by atoms with E-state index in [0.29, 0.717) is 37.2 Å². The minimum atomic E-state index is -4.93. The number of aromatic nitrogens is 1. The zero-order valence-electron chi connectivity index (χ0n) is 21.8. The van der Waals surface area contributed by atoms with Gasteiger partial charge in [-0.1, -0.05) is 18.2 Å². The van der Waals surface area contributed by atoms with Gasteiger partial charge in [0.2, 0.25) is 17.6 Å². The molecule has 2 amide bonds. The minimum Gasteiger partial charge on any atom is -0.489 e. The number of anilines is 1. The van der Waals surface area contributed by atoms with Crippen molar-refractivity contribution in [2.75, 3.05) is 18.4 Å². The smallest absolute Gasteiger partial charge is 0.452 e. The van der Waals surface area contributed by atoms with Crippen molar-refractivity contribution in [1.29, 1.82) is 0 Å². The van der Waals surface area contributed by atoms with Crippen LogP contribution in [-0.2, 0) is 15.8 Å². The molecular formula is C28H28F3N3O6. The van der Waals surface area contributed by atoms with Crippen LogP contribution in [-0.4, -0.2) is 52.0 Å². The van der Waals surface area contributed by atoms with E-state index in [2.05, 4.69) is 10.3 Å². The summed E-state index contributed by atoms with van der Waals surface area (Å²) >= 11 is 0. The number of carboxylic acids is 1. The molecule has 1 aliphatic heterocycles. The van der Waals surface area contributed by atoms with Gasteiger partial charge in [0.15, 0.2) is 5.69 Å². The van der Waals surface area contributed by atoms with Gasteiger partial charge in [0.25, 0.3) is 5.91 Å². The number of amides is 2. The molecule has 1 saturated heterocycles. The van der Waals surface area contributed by atoms with Crippen molar-refractivity contribution in [2.24, 2.45) is 5.41 Å². The highest BCUT2D eigenvalue weighted by Crippen LogP contribution is 2.35. The number of carbonyl (C=O) groups excluding carboxylic acids is 2. The van der Waals surface area contributed by atoms with Gasteiger partial charge in [-0.25, -0.2) is 4.98 Å². The fourth-order valence-corrected chi connectivity index (χ4v) is 4.20. The summed E-state index contributed by atoms with van der Waals surface area (Å²) in [5, 5.41) is 11.7. The molecule has 0 saturated carbocycles. The van der Waals surface area contributed by atoms with Crippen LogP contribution in [0.5, 0.6) is 5.75 Å². The monoisotopic (exact) mass is 559 g/mol. The number of likely N-dealkylation sites (tertiary alicyclic amines) is 1. The fraction of sp³-hybridized carbons (Fsp3) is 0.357. The zero-order chi connectivity index (χ0) is 29.1. The molecule has 1 fully saturated rings. The molecule has 1 aromatic heterocycles. The van der Waals surface area contributed by atoms with Gasteiger partial charge in [0.1, 0.15) is 11.9 Å². The quantitative estimate of drug-likeness (QED) is 0.375. The summed E-state index contributed by atoms with van der Waals surface area (Å²) in [6.45, 7) is 3.80. The van der Waals surface area contributed by atoms with E-state index in [4.69, 9.17) is 9.15 Å². The Kier molecular flexibility index (Phi) is 8.17. The van der Waals surface area contributed by atoms with Gasteiger partial charge in [0.05, 0.1) is 12.0 Å². The van der Waals surface area contributed by atoms with Gasteiger partial charge in [-0.2, -0.15) is 13.2 Å². The van der Waals surface area contributed by atoms with E-state index in [0.717, 1.165) is 0 Å². The third-order valence-electron chi connectivity index (χ3n) is 6.44. The van der Waals surface area contributed by atoms with Crippen LogP contribution in [0.4, 0.5) is 18.9 Å². The summed E-state index contributed by atoms with van der Waals surface area (Å²) in [6.07, 6.45) is -4.02. The van der Waals surface area contributed by atoms with Crippen molar-refractivity contribution in [3.63, 3.8) is 0 Å². The number of nitrogens with zero attached hydrogens (tertiary/aromatic N) is 2. The lowest BCUT2D eigenvalue weighted by Crippen LogP contribution is -2.46. The molecular weight excluding hydrogens is 531 g/mol. The molecule has 2 heterocycles. The van der Waals surface area contributed by atoms with Gasteiger partial charge in [-0.05, 0) is 63.1 Å². The van der Waals surface area contributed by atoms with Crippen molar-refractivity contribution >= 4 is 23.5 Å². The molecule has 0 spiro atoms.